The van der Waals surface area contributed by atoms with Gasteiger partial charge in [-0.3, -0.25) is 9.59 Å². The Bertz CT molecular complexity index is 1470. The number of halogens is 2. The van der Waals surface area contributed by atoms with E-state index in [0.29, 0.717) is 63.5 Å². The van der Waals surface area contributed by atoms with Crippen LogP contribution in [0.1, 0.15) is 11.1 Å². The van der Waals surface area contributed by atoms with E-state index in [2.05, 4.69) is 10.6 Å². The standard InChI is InChI=1S/C28H26ClFN4O4/c1-33(2)15-25(35)34(3)22-8-6-18(14-20(22)30)31-27(16-4-9-23-24(12-16)38-11-10-37-23)26-19-7-5-17(29)13-21(19)32-28(26)36/h4-9,12-14,31H,10-11,15H2,1-3H3,(H,32,36)/b27-26-. The quantitative estimate of drug-likeness (QED) is 0.444. The smallest absolute Gasteiger partial charge is 0.258 e. The molecule has 8 nitrogen and oxygen atoms in total. The van der Waals surface area contributed by atoms with Gasteiger partial charge in [-0.05, 0) is 62.6 Å². The highest BCUT2D eigenvalue weighted by molar-refractivity contribution is 6.38. The number of likely N-dealkylation sites (N-methyl/N-ethyl adjacent to an activating group) is 2. The van der Waals surface area contributed by atoms with Crippen LogP contribution < -0.4 is 25.0 Å². The second-order valence-corrected chi connectivity index (χ2v) is 9.67. The molecule has 196 valence electrons. The molecule has 0 unspecified atom stereocenters. The summed E-state index contributed by atoms with van der Waals surface area (Å²) in [5.41, 5.74) is 3.24. The number of hydrogen-bond acceptors (Lipinski definition) is 6. The van der Waals surface area contributed by atoms with Gasteiger partial charge in [-0.2, -0.15) is 0 Å². The van der Waals surface area contributed by atoms with Crippen LogP contribution in [0.15, 0.2) is 54.6 Å². The monoisotopic (exact) mass is 536 g/mol. The van der Waals surface area contributed by atoms with Crippen LogP contribution >= 0.6 is 11.6 Å². The largest absolute Gasteiger partial charge is 0.486 e. The van der Waals surface area contributed by atoms with Gasteiger partial charge in [0.15, 0.2) is 11.5 Å². The lowest BCUT2D eigenvalue weighted by atomic mass is 9.99. The lowest BCUT2D eigenvalue weighted by Gasteiger charge is -2.22. The zero-order valence-electron chi connectivity index (χ0n) is 21.1. The first-order chi connectivity index (χ1) is 18.2. The van der Waals surface area contributed by atoms with Gasteiger partial charge in [0, 0.05) is 28.9 Å². The fourth-order valence-electron chi connectivity index (χ4n) is 4.38. The highest BCUT2D eigenvalue weighted by atomic mass is 35.5. The predicted molar refractivity (Wildman–Crippen MR) is 146 cm³/mol. The lowest BCUT2D eigenvalue weighted by Crippen LogP contribution is -2.35. The molecule has 10 heteroatoms. The highest BCUT2D eigenvalue weighted by Gasteiger charge is 2.29. The van der Waals surface area contributed by atoms with E-state index in [0.717, 1.165) is 0 Å². The fraction of sp³-hybridized carbons (Fsp3) is 0.214. The second kappa shape index (κ2) is 10.4. The maximum Gasteiger partial charge on any atom is 0.258 e. The maximum atomic E-state index is 15.2. The first-order valence-electron chi connectivity index (χ1n) is 11.9. The number of nitrogens with one attached hydrogen (secondary N) is 2. The van der Waals surface area contributed by atoms with E-state index in [9.17, 15) is 9.59 Å². The summed E-state index contributed by atoms with van der Waals surface area (Å²) >= 11 is 6.15. The molecule has 2 heterocycles. The minimum Gasteiger partial charge on any atom is -0.486 e. The first-order valence-corrected chi connectivity index (χ1v) is 12.3. The van der Waals surface area contributed by atoms with Gasteiger partial charge in [0.05, 0.1) is 29.2 Å². The molecular weight excluding hydrogens is 511 g/mol. The van der Waals surface area contributed by atoms with Gasteiger partial charge < -0.3 is 29.9 Å². The Morgan fingerprint density at radius 3 is 2.53 bits per heavy atom. The molecule has 0 aliphatic carbocycles. The minimum absolute atomic E-state index is 0.148. The third-order valence-corrected chi connectivity index (χ3v) is 6.45. The third kappa shape index (κ3) is 5.03. The van der Waals surface area contributed by atoms with Gasteiger partial charge >= 0.3 is 0 Å². The summed E-state index contributed by atoms with van der Waals surface area (Å²) < 4.78 is 26.6. The summed E-state index contributed by atoms with van der Waals surface area (Å²) in [7, 11) is 5.07. The summed E-state index contributed by atoms with van der Waals surface area (Å²) in [5, 5.41) is 6.58. The first kappa shape index (κ1) is 25.6. The van der Waals surface area contributed by atoms with Gasteiger partial charge in [-0.1, -0.05) is 17.7 Å². The molecule has 5 rings (SSSR count). The van der Waals surface area contributed by atoms with E-state index < -0.39 is 5.82 Å². The van der Waals surface area contributed by atoms with Crippen molar-refractivity contribution in [2.45, 2.75) is 0 Å². The average Bonchev–Trinajstić information content (AvgIpc) is 3.20. The zero-order chi connectivity index (χ0) is 27.0. The Kier molecular flexibility index (Phi) is 6.96. The van der Waals surface area contributed by atoms with Gasteiger partial charge in [0.25, 0.3) is 5.91 Å². The Hall–Kier alpha value is -4.08. The van der Waals surface area contributed by atoms with Crippen molar-refractivity contribution in [3.05, 3.63) is 76.6 Å². The zero-order valence-corrected chi connectivity index (χ0v) is 21.9. The van der Waals surface area contributed by atoms with Crippen molar-refractivity contribution in [3.8, 4) is 11.5 Å². The molecule has 0 atom stereocenters. The van der Waals surface area contributed by atoms with Crippen LogP contribution in [-0.2, 0) is 9.59 Å². The van der Waals surface area contributed by atoms with E-state index in [1.54, 1.807) is 55.4 Å². The Balaban J connectivity index is 1.57. The Morgan fingerprint density at radius 1 is 1.03 bits per heavy atom. The molecule has 2 aliphatic heterocycles. The minimum atomic E-state index is -0.584. The summed E-state index contributed by atoms with van der Waals surface area (Å²) in [6.45, 7) is 1.01. The van der Waals surface area contributed by atoms with Gasteiger partial charge in [-0.25, -0.2) is 4.39 Å². The number of nitrogens with zero attached hydrogens (tertiary/aromatic N) is 2. The molecule has 0 saturated carbocycles. The van der Waals surface area contributed by atoms with Crippen LogP contribution in [0, 0.1) is 5.82 Å². The molecule has 0 aromatic heterocycles. The fourth-order valence-corrected chi connectivity index (χ4v) is 4.56. The topological polar surface area (TPSA) is 83.1 Å². The molecule has 0 radical (unpaired) electrons. The number of benzene rings is 3. The van der Waals surface area contributed by atoms with Crippen molar-refractivity contribution in [2.24, 2.45) is 0 Å². The molecule has 0 fully saturated rings. The van der Waals surface area contributed by atoms with Crippen LogP contribution in [0.3, 0.4) is 0 Å². The molecule has 3 aromatic rings. The number of hydrogen-bond donors (Lipinski definition) is 2. The van der Waals surface area contributed by atoms with Crippen molar-refractivity contribution < 1.29 is 23.5 Å². The van der Waals surface area contributed by atoms with Crippen molar-refractivity contribution >= 4 is 51.7 Å². The number of fused-ring (bicyclic) bond motifs is 2. The number of amides is 2. The average molecular weight is 537 g/mol. The van der Waals surface area contributed by atoms with Crippen LogP contribution in [0.25, 0.3) is 11.3 Å². The summed E-state index contributed by atoms with van der Waals surface area (Å²) in [6.07, 6.45) is 0. The number of carbonyl (C=O) groups excluding carboxylic acids is 2. The summed E-state index contributed by atoms with van der Waals surface area (Å²) in [4.78, 5) is 28.6. The molecule has 0 spiro atoms. The number of ether oxygens (including phenoxy) is 2. The van der Waals surface area contributed by atoms with Crippen molar-refractivity contribution in [1.82, 2.24) is 4.90 Å². The maximum absolute atomic E-state index is 15.2. The molecule has 2 N–H and O–H groups in total. The van der Waals surface area contributed by atoms with Crippen molar-refractivity contribution in [1.29, 1.82) is 0 Å². The van der Waals surface area contributed by atoms with Gasteiger partial charge in [0.1, 0.15) is 19.0 Å². The SMILES string of the molecule is CN(C)CC(=O)N(C)c1ccc(N/C(=C2\C(=O)Nc3cc(Cl)ccc32)c2ccc3c(c2)OCCO3)cc1F. The van der Waals surface area contributed by atoms with E-state index >= 15 is 4.39 Å². The number of rotatable bonds is 6. The Morgan fingerprint density at radius 2 is 1.79 bits per heavy atom. The van der Waals surface area contributed by atoms with E-state index in [-0.39, 0.29) is 24.0 Å². The molecule has 3 aromatic carbocycles. The van der Waals surface area contributed by atoms with Gasteiger partial charge in [0.2, 0.25) is 5.91 Å². The van der Waals surface area contributed by atoms with Gasteiger partial charge in [-0.15, -0.1) is 0 Å². The van der Waals surface area contributed by atoms with Crippen LogP contribution in [0.2, 0.25) is 5.02 Å². The summed E-state index contributed by atoms with van der Waals surface area (Å²) in [5.74, 6) is -0.00397. The highest BCUT2D eigenvalue weighted by Crippen LogP contribution is 2.41. The van der Waals surface area contributed by atoms with Crippen LogP contribution in [-0.4, -0.2) is 57.6 Å². The predicted octanol–water partition coefficient (Wildman–Crippen LogP) is 4.71. The number of carbonyl (C=O) groups is 2. The summed E-state index contributed by atoms with van der Waals surface area (Å²) in [6, 6.07) is 15.0. The molecule has 2 aliphatic rings. The normalized spacial score (nSPS) is 15.2. The van der Waals surface area contributed by atoms with E-state index in [4.69, 9.17) is 21.1 Å². The Labute approximate surface area is 224 Å². The van der Waals surface area contributed by atoms with Crippen molar-refractivity contribution in [3.63, 3.8) is 0 Å². The van der Waals surface area contributed by atoms with Crippen LogP contribution in [0.4, 0.5) is 21.5 Å². The second-order valence-electron chi connectivity index (χ2n) is 9.23. The lowest BCUT2D eigenvalue weighted by molar-refractivity contribution is -0.119. The molecule has 0 bridgehead atoms. The molecule has 0 saturated heterocycles. The third-order valence-electron chi connectivity index (χ3n) is 6.21. The molecular formula is C28H26ClFN4O4. The number of anilines is 3. The van der Waals surface area contributed by atoms with E-state index in [1.807, 2.05) is 6.07 Å². The van der Waals surface area contributed by atoms with Crippen LogP contribution in [0.5, 0.6) is 11.5 Å². The van der Waals surface area contributed by atoms with Crippen molar-refractivity contribution in [2.75, 3.05) is 56.4 Å². The molecule has 38 heavy (non-hydrogen) atoms. The molecule has 2 amide bonds. The van der Waals surface area contributed by atoms with E-state index in [1.165, 1.54) is 24.1 Å².